The van der Waals surface area contributed by atoms with Crippen molar-refractivity contribution in [2.45, 2.75) is 23.1 Å². The third kappa shape index (κ3) is 7.06. The Balaban J connectivity index is 2.14. The molecule has 0 aliphatic rings. The highest BCUT2D eigenvalue weighted by atomic mass is 35.6. The van der Waals surface area contributed by atoms with Gasteiger partial charge in [0.2, 0.25) is 3.79 Å². The van der Waals surface area contributed by atoms with Crippen LogP contribution in [0, 0.1) is 6.92 Å². The number of rotatable bonds is 4. The van der Waals surface area contributed by atoms with Gasteiger partial charge >= 0.3 is 6.18 Å². The quantitative estimate of drug-likeness (QED) is 0.261. The van der Waals surface area contributed by atoms with Crippen LogP contribution in [0.2, 0.25) is 5.02 Å². The van der Waals surface area contributed by atoms with Crippen LogP contribution in [0.3, 0.4) is 0 Å². The molecule has 0 radical (unpaired) electrons. The summed E-state index contributed by atoms with van der Waals surface area (Å²) in [6.07, 6.45) is -5.88. The number of aryl methyl sites for hydroxylation is 1. The Labute approximate surface area is 196 Å². The lowest BCUT2D eigenvalue weighted by Gasteiger charge is -2.28. The summed E-state index contributed by atoms with van der Waals surface area (Å²) in [5.74, 6) is -0.557. The fourth-order valence-corrected chi connectivity index (χ4v) is 2.93. The maximum Gasteiger partial charge on any atom is 0.416 e. The summed E-state index contributed by atoms with van der Waals surface area (Å²) in [4.78, 5) is 12.4. The van der Waals surface area contributed by atoms with Gasteiger partial charge in [-0.1, -0.05) is 64.1 Å². The number of carbonyl (C=O) groups excluding carboxylic acids is 1. The number of amides is 1. The summed E-state index contributed by atoms with van der Waals surface area (Å²) in [5, 5.41) is 7.30. The molecule has 0 heterocycles. The lowest BCUT2D eigenvalue weighted by molar-refractivity contribution is -0.137. The van der Waals surface area contributed by atoms with E-state index in [4.69, 9.17) is 58.6 Å². The summed E-state index contributed by atoms with van der Waals surface area (Å²) in [6, 6.07) is 9.31. The second-order valence-electron chi connectivity index (χ2n) is 6.10. The van der Waals surface area contributed by atoms with Crippen LogP contribution in [0.15, 0.2) is 42.5 Å². The Hall–Kier alpha value is -1.45. The van der Waals surface area contributed by atoms with E-state index in [1.807, 2.05) is 6.92 Å². The highest BCUT2D eigenvalue weighted by molar-refractivity contribution is 7.80. The van der Waals surface area contributed by atoms with Crippen LogP contribution in [0.5, 0.6) is 0 Å². The van der Waals surface area contributed by atoms with Crippen molar-refractivity contribution in [1.29, 1.82) is 0 Å². The van der Waals surface area contributed by atoms with E-state index in [1.54, 1.807) is 24.3 Å². The zero-order valence-corrected chi connectivity index (χ0v) is 18.9. The average molecular weight is 519 g/mol. The highest BCUT2D eigenvalue weighted by Crippen LogP contribution is 2.34. The molecule has 2 rings (SSSR count). The first kappa shape index (κ1) is 24.8. The van der Waals surface area contributed by atoms with Crippen molar-refractivity contribution in [2.75, 3.05) is 5.32 Å². The maximum atomic E-state index is 12.9. The van der Waals surface area contributed by atoms with Crippen molar-refractivity contribution in [3.05, 3.63) is 64.2 Å². The minimum atomic E-state index is -4.57. The largest absolute Gasteiger partial charge is 0.416 e. The fourth-order valence-electron chi connectivity index (χ4n) is 2.21. The van der Waals surface area contributed by atoms with Crippen LogP contribution in [0.1, 0.15) is 21.5 Å². The Kier molecular flexibility index (Phi) is 8.09. The van der Waals surface area contributed by atoms with Gasteiger partial charge in [0.25, 0.3) is 5.91 Å². The van der Waals surface area contributed by atoms with Crippen LogP contribution in [0.4, 0.5) is 18.9 Å². The first-order valence-corrected chi connectivity index (χ1v) is 10.1. The second-order valence-corrected chi connectivity index (χ2v) is 9.29. The molecule has 30 heavy (non-hydrogen) atoms. The molecule has 2 aromatic carbocycles. The van der Waals surface area contributed by atoms with Crippen molar-refractivity contribution < 1.29 is 18.0 Å². The molecule has 0 fully saturated rings. The summed E-state index contributed by atoms with van der Waals surface area (Å²) in [5.41, 5.74) is 0.215. The van der Waals surface area contributed by atoms with E-state index >= 15 is 0 Å². The molecule has 0 spiro atoms. The van der Waals surface area contributed by atoms with Gasteiger partial charge in [0.15, 0.2) is 5.11 Å². The molecule has 1 atom stereocenters. The van der Waals surface area contributed by atoms with Gasteiger partial charge < -0.3 is 16.0 Å². The summed E-state index contributed by atoms with van der Waals surface area (Å²) in [7, 11) is 0. The van der Waals surface area contributed by atoms with Gasteiger partial charge in [-0.05, 0) is 49.5 Å². The monoisotopic (exact) mass is 517 g/mol. The highest BCUT2D eigenvalue weighted by Gasteiger charge is 2.35. The number of hydrogen-bond donors (Lipinski definition) is 3. The van der Waals surface area contributed by atoms with Gasteiger partial charge in [-0.15, -0.1) is 0 Å². The molecule has 12 heteroatoms. The molecular weight excluding hydrogens is 505 g/mol. The molecule has 2 aromatic rings. The van der Waals surface area contributed by atoms with Crippen molar-refractivity contribution in [3.63, 3.8) is 0 Å². The molecule has 162 valence electrons. The first-order valence-electron chi connectivity index (χ1n) is 8.16. The normalized spacial score (nSPS) is 12.8. The van der Waals surface area contributed by atoms with E-state index in [0.29, 0.717) is 5.56 Å². The second kappa shape index (κ2) is 9.78. The van der Waals surface area contributed by atoms with E-state index in [2.05, 4.69) is 16.0 Å². The van der Waals surface area contributed by atoms with Gasteiger partial charge in [0.05, 0.1) is 16.3 Å². The van der Waals surface area contributed by atoms with Crippen LogP contribution >= 0.6 is 58.6 Å². The van der Waals surface area contributed by atoms with E-state index in [1.165, 1.54) is 0 Å². The SMILES string of the molecule is Cc1ccc(C(=O)N[C@@H](NC(=S)Nc2cc(C(F)(F)F)ccc2Cl)C(Cl)(Cl)Cl)cc1. The molecular formula is C18H14Cl4F3N3OS. The molecule has 0 aromatic heterocycles. The number of hydrogen-bond acceptors (Lipinski definition) is 2. The number of halogens is 7. The van der Waals surface area contributed by atoms with Crippen LogP contribution in [-0.4, -0.2) is 21.0 Å². The van der Waals surface area contributed by atoms with Crippen molar-refractivity contribution in [2.24, 2.45) is 0 Å². The number of alkyl halides is 6. The number of anilines is 1. The number of carbonyl (C=O) groups is 1. The van der Waals surface area contributed by atoms with Crippen LogP contribution < -0.4 is 16.0 Å². The molecule has 0 aliphatic carbocycles. The fraction of sp³-hybridized carbons (Fsp3) is 0.222. The minimum Gasteiger partial charge on any atom is -0.339 e. The smallest absolute Gasteiger partial charge is 0.339 e. The lowest BCUT2D eigenvalue weighted by Crippen LogP contribution is -2.56. The predicted octanol–water partition coefficient (Wildman–Crippen LogP) is 6.08. The van der Waals surface area contributed by atoms with E-state index in [0.717, 1.165) is 23.8 Å². The average Bonchev–Trinajstić information content (AvgIpc) is 2.61. The van der Waals surface area contributed by atoms with E-state index in [9.17, 15) is 18.0 Å². The maximum absolute atomic E-state index is 12.9. The van der Waals surface area contributed by atoms with Gasteiger partial charge in [-0.3, -0.25) is 4.79 Å². The molecule has 0 unspecified atom stereocenters. The molecule has 0 bridgehead atoms. The van der Waals surface area contributed by atoms with Crippen LogP contribution in [-0.2, 0) is 6.18 Å². The topological polar surface area (TPSA) is 53.2 Å². The van der Waals surface area contributed by atoms with Crippen LogP contribution in [0.25, 0.3) is 0 Å². The zero-order valence-electron chi connectivity index (χ0n) is 15.1. The standard InChI is InChI=1S/C18H14Cl4F3N3OS/c1-9-2-4-10(5-3-9)14(29)27-15(17(20,21)22)28-16(30)26-13-8-11(18(23,24)25)6-7-12(13)19/h2-8,15H,1H3,(H,27,29)(H2,26,28,30)/t15-/m0/s1. The van der Waals surface area contributed by atoms with Gasteiger partial charge in [-0.2, -0.15) is 13.2 Å². The molecule has 4 nitrogen and oxygen atoms in total. The molecule has 3 N–H and O–H groups in total. The number of benzene rings is 2. The van der Waals surface area contributed by atoms with Crippen molar-refractivity contribution in [1.82, 2.24) is 10.6 Å². The Morgan fingerprint density at radius 1 is 1.03 bits per heavy atom. The van der Waals surface area contributed by atoms with Crippen molar-refractivity contribution in [3.8, 4) is 0 Å². The molecule has 0 saturated carbocycles. The van der Waals surface area contributed by atoms with Gasteiger partial charge in [0.1, 0.15) is 6.17 Å². The number of thiocarbonyl (C=S) groups is 1. The zero-order chi connectivity index (χ0) is 22.7. The Bertz CT molecular complexity index is 934. The molecule has 0 saturated heterocycles. The number of nitrogens with one attached hydrogen (secondary N) is 3. The lowest BCUT2D eigenvalue weighted by atomic mass is 10.1. The minimum absolute atomic E-state index is 0.0127. The molecule has 0 aliphatic heterocycles. The third-order valence-electron chi connectivity index (χ3n) is 3.73. The predicted molar refractivity (Wildman–Crippen MR) is 119 cm³/mol. The summed E-state index contributed by atoms with van der Waals surface area (Å²) < 4.78 is 36.7. The van der Waals surface area contributed by atoms with Gasteiger partial charge in [-0.25, -0.2) is 0 Å². The van der Waals surface area contributed by atoms with E-state index < -0.39 is 27.6 Å². The summed E-state index contributed by atoms with van der Waals surface area (Å²) in [6.45, 7) is 1.86. The first-order chi connectivity index (χ1) is 13.8. The van der Waals surface area contributed by atoms with Crippen molar-refractivity contribution >= 4 is 75.3 Å². The third-order valence-corrected chi connectivity index (χ3v) is 4.94. The Morgan fingerprint density at radius 2 is 1.63 bits per heavy atom. The van der Waals surface area contributed by atoms with E-state index in [-0.39, 0.29) is 15.8 Å². The van der Waals surface area contributed by atoms with Gasteiger partial charge in [0, 0.05) is 5.56 Å². The molecule has 1 amide bonds. The Morgan fingerprint density at radius 3 is 2.17 bits per heavy atom. The summed E-state index contributed by atoms with van der Waals surface area (Å²) >= 11 is 28.7.